The largest absolute Gasteiger partial charge is 0.493 e. The minimum Gasteiger partial charge on any atom is -0.493 e. The Hall–Kier alpha value is -2.24. The monoisotopic (exact) mass is 334 g/mol. The van der Waals surface area contributed by atoms with Gasteiger partial charge in [-0.1, -0.05) is 13.8 Å². The van der Waals surface area contributed by atoms with E-state index in [0.717, 1.165) is 6.42 Å². The average molecular weight is 334 g/mol. The minimum absolute atomic E-state index is 0.180. The van der Waals surface area contributed by atoms with Crippen molar-refractivity contribution in [1.29, 1.82) is 0 Å². The molecule has 6 nitrogen and oxygen atoms in total. The number of nitrogens with one attached hydrogen (secondary N) is 2. The molecule has 6 heteroatoms. The highest BCUT2D eigenvalue weighted by Gasteiger charge is 2.56. The molecule has 2 N–H and O–H groups in total. The molecular weight excluding hydrogens is 308 g/mol. The van der Waals surface area contributed by atoms with Crippen molar-refractivity contribution in [3.63, 3.8) is 0 Å². The maximum Gasteiger partial charge on any atom is 0.240 e. The molecule has 0 aromatic heterocycles. The zero-order valence-corrected chi connectivity index (χ0v) is 14.8. The Labute approximate surface area is 142 Å². The van der Waals surface area contributed by atoms with Gasteiger partial charge in [0.2, 0.25) is 11.8 Å². The van der Waals surface area contributed by atoms with E-state index in [1.165, 1.54) is 7.11 Å². The first-order chi connectivity index (χ1) is 11.4. The van der Waals surface area contributed by atoms with Gasteiger partial charge < -0.3 is 20.1 Å². The number of hydrogen-bond acceptors (Lipinski definition) is 4. The highest BCUT2D eigenvalue weighted by molar-refractivity contribution is 6.13. The number of ether oxygens (including phenoxy) is 2. The van der Waals surface area contributed by atoms with Crippen molar-refractivity contribution in [3.8, 4) is 11.5 Å². The minimum atomic E-state index is -0.926. The molecule has 1 aromatic rings. The normalized spacial score (nSPS) is 14.9. The van der Waals surface area contributed by atoms with E-state index in [0.29, 0.717) is 42.5 Å². The third-order valence-corrected chi connectivity index (χ3v) is 4.27. The Morgan fingerprint density at radius 3 is 2.33 bits per heavy atom. The molecule has 0 saturated heterocycles. The fourth-order valence-corrected chi connectivity index (χ4v) is 2.49. The van der Waals surface area contributed by atoms with E-state index in [1.54, 1.807) is 25.3 Å². The molecule has 0 heterocycles. The van der Waals surface area contributed by atoms with Gasteiger partial charge in [-0.05, 0) is 37.3 Å². The number of anilines is 1. The number of amides is 2. The zero-order chi connectivity index (χ0) is 17.7. The summed E-state index contributed by atoms with van der Waals surface area (Å²) < 4.78 is 10.4. The second-order valence-electron chi connectivity index (χ2n) is 6.54. The van der Waals surface area contributed by atoms with Crippen LogP contribution in [0.25, 0.3) is 0 Å². The topological polar surface area (TPSA) is 76.7 Å². The summed E-state index contributed by atoms with van der Waals surface area (Å²) in [5, 5.41) is 5.70. The van der Waals surface area contributed by atoms with Crippen LogP contribution in [-0.4, -0.2) is 32.6 Å². The van der Waals surface area contributed by atoms with Crippen LogP contribution in [0.1, 0.15) is 33.1 Å². The first-order valence-electron chi connectivity index (χ1n) is 8.24. The first kappa shape index (κ1) is 18.1. The molecule has 1 saturated carbocycles. The van der Waals surface area contributed by atoms with E-state index in [1.807, 2.05) is 0 Å². The summed E-state index contributed by atoms with van der Waals surface area (Å²) in [6.45, 7) is 4.80. The van der Waals surface area contributed by atoms with Crippen LogP contribution < -0.4 is 20.1 Å². The van der Waals surface area contributed by atoms with Gasteiger partial charge in [-0.3, -0.25) is 9.59 Å². The van der Waals surface area contributed by atoms with Crippen LogP contribution in [0.2, 0.25) is 0 Å². The van der Waals surface area contributed by atoms with Crippen LogP contribution >= 0.6 is 0 Å². The second kappa shape index (κ2) is 7.55. The summed E-state index contributed by atoms with van der Waals surface area (Å²) in [5.74, 6) is 1.18. The lowest BCUT2D eigenvalue weighted by Crippen LogP contribution is -2.40. The maximum absolute atomic E-state index is 12.5. The van der Waals surface area contributed by atoms with Crippen LogP contribution in [0, 0.1) is 11.3 Å². The lowest BCUT2D eigenvalue weighted by Gasteiger charge is -2.17. The molecule has 1 aliphatic carbocycles. The molecule has 0 unspecified atom stereocenters. The van der Waals surface area contributed by atoms with Gasteiger partial charge >= 0.3 is 0 Å². The standard InChI is InChI=1S/C18H26N2O4/c1-12(2)7-10-19-16(21)18(8-9-18)17(22)20-13-5-6-14(23-3)15(11-13)24-4/h5-6,11-12H,7-10H2,1-4H3,(H,19,21)(H,20,22). The van der Waals surface area contributed by atoms with Crippen LogP contribution in [0.4, 0.5) is 5.69 Å². The van der Waals surface area contributed by atoms with Crippen LogP contribution in [-0.2, 0) is 9.59 Å². The summed E-state index contributed by atoms with van der Waals surface area (Å²) >= 11 is 0. The van der Waals surface area contributed by atoms with E-state index < -0.39 is 5.41 Å². The Morgan fingerprint density at radius 2 is 1.79 bits per heavy atom. The lowest BCUT2D eigenvalue weighted by atomic mass is 10.0. The average Bonchev–Trinajstić information content (AvgIpc) is 3.36. The van der Waals surface area contributed by atoms with E-state index in [4.69, 9.17) is 9.47 Å². The molecule has 1 aromatic carbocycles. The fourth-order valence-electron chi connectivity index (χ4n) is 2.49. The SMILES string of the molecule is COc1ccc(NC(=O)C2(C(=O)NCCC(C)C)CC2)cc1OC. The van der Waals surface area contributed by atoms with Crippen LogP contribution in [0.5, 0.6) is 11.5 Å². The maximum atomic E-state index is 12.5. The Kier molecular flexibility index (Phi) is 5.70. The van der Waals surface area contributed by atoms with E-state index >= 15 is 0 Å². The molecule has 0 atom stereocenters. The summed E-state index contributed by atoms with van der Waals surface area (Å²) in [6.07, 6.45) is 2.07. The first-order valence-corrected chi connectivity index (χ1v) is 8.24. The number of carbonyl (C=O) groups is 2. The van der Waals surface area contributed by atoms with Gasteiger partial charge in [0.15, 0.2) is 11.5 Å². The predicted molar refractivity (Wildman–Crippen MR) is 92.3 cm³/mol. The van der Waals surface area contributed by atoms with Crippen molar-refractivity contribution in [2.45, 2.75) is 33.1 Å². The van der Waals surface area contributed by atoms with Gasteiger partial charge in [0, 0.05) is 18.3 Å². The number of rotatable bonds is 8. The molecule has 0 bridgehead atoms. The number of hydrogen-bond donors (Lipinski definition) is 2. The van der Waals surface area contributed by atoms with Crippen LogP contribution in [0.15, 0.2) is 18.2 Å². The highest BCUT2D eigenvalue weighted by Crippen LogP contribution is 2.47. The van der Waals surface area contributed by atoms with Gasteiger partial charge in [-0.15, -0.1) is 0 Å². The van der Waals surface area contributed by atoms with Gasteiger partial charge in [-0.2, -0.15) is 0 Å². The Bertz CT molecular complexity index is 609. The molecule has 1 aliphatic rings. The molecular formula is C18H26N2O4. The number of carbonyl (C=O) groups excluding carboxylic acids is 2. The van der Waals surface area contributed by atoms with Crippen molar-refractivity contribution >= 4 is 17.5 Å². The summed E-state index contributed by atoms with van der Waals surface area (Å²) in [7, 11) is 3.09. The van der Waals surface area contributed by atoms with Crippen molar-refractivity contribution < 1.29 is 19.1 Å². The van der Waals surface area contributed by atoms with Crippen molar-refractivity contribution in [1.82, 2.24) is 5.32 Å². The Morgan fingerprint density at radius 1 is 1.12 bits per heavy atom. The lowest BCUT2D eigenvalue weighted by molar-refractivity contribution is -0.134. The summed E-state index contributed by atoms with van der Waals surface area (Å²) in [6, 6.07) is 5.13. The molecule has 132 valence electrons. The third kappa shape index (κ3) is 3.99. The van der Waals surface area contributed by atoms with Gasteiger partial charge in [0.1, 0.15) is 5.41 Å². The number of methoxy groups -OCH3 is 2. The molecule has 2 amide bonds. The van der Waals surface area contributed by atoms with Crippen LogP contribution in [0.3, 0.4) is 0 Å². The van der Waals surface area contributed by atoms with E-state index in [9.17, 15) is 9.59 Å². The summed E-state index contributed by atoms with van der Waals surface area (Å²) in [5.41, 5.74) is -0.344. The number of benzene rings is 1. The molecule has 0 spiro atoms. The van der Waals surface area contributed by atoms with Gasteiger partial charge in [0.05, 0.1) is 14.2 Å². The molecule has 0 radical (unpaired) electrons. The van der Waals surface area contributed by atoms with Crippen molar-refractivity contribution in [3.05, 3.63) is 18.2 Å². The Balaban J connectivity index is 2.00. The highest BCUT2D eigenvalue weighted by atomic mass is 16.5. The predicted octanol–water partition coefficient (Wildman–Crippen LogP) is 2.58. The second-order valence-corrected chi connectivity index (χ2v) is 6.54. The van der Waals surface area contributed by atoms with E-state index in [-0.39, 0.29) is 11.8 Å². The van der Waals surface area contributed by atoms with Gasteiger partial charge in [-0.25, -0.2) is 0 Å². The third-order valence-electron chi connectivity index (χ3n) is 4.27. The molecule has 1 fully saturated rings. The fraction of sp³-hybridized carbons (Fsp3) is 0.556. The molecule has 2 rings (SSSR count). The van der Waals surface area contributed by atoms with E-state index in [2.05, 4.69) is 24.5 Å². The molecule has 24 heavy (non-hydrogen) atoms. The smallest absolute Gasteiger partial charge is 0.240 e. The summed E-state index contributed by atoms with van der Waals surface area (Å²) in [4.78, 5) is 24.9. The molecule has 0 aliphatic heterocycles. The quantitative estimate of drug-likeness (QED) is 0.717. The van der Waals surface area contributed by atoms with Gasteiger partial charge in [0.25, 0.3) is 0 Å². The van der Waals surface area contributed by atoms with Crippen molar-refractivity contribution in [2.75, 3.05) is 26.1 Å². The van der Waals surface area contributed by atoms with Crippen molar-refractivity contribution in [2.24, 2.45) is 11.3 Å². The zero-order valence-electron chi connectivity index (χ0n) is 14.8.